The van der Waals surface area contributed by atoms with Gasteiger partial charge >= 0.3 is 0 Å². The molecule has 0 saturated carbocycles. The van der Waals surface area contributed by atoms with Crippen molar-refractivity contribution in [2.24, 2.45) is 0 Å². The summed E-state index contributed by atoms with van der Waals surface area (Å²) in [4.78, 5) is 15.4. The van der Waals surface area contributed by atoms with E-state index >= 15 is 0 Å². The molecule has 1 aromatic carbocycles. The first-order valence-corrected chi connectivity index (χ1v) is 5.10. The minimum atomic E-state index is -0.0602. The molecule has 0 fully saturated rings. The molecule has 82 valence electrons. The van der Waals surface area contributed by atoms with Gasteiger partial charge < -0.3 is 10.6 Å². The van der Waals surface area contributed by atoms with Crippen LogP contribution < -0.4 is 10.6 Å². The van der Waals surface area contributed by atoms with Gasteiger partial charge in [0.05, 0.1) is 12.1 Å². The average Bonchev–Trinajstić information content (AvgIpc) is 2.35. The van der Waals surface area contributed by atoms with Crippen molar-refractivity contribution in [3.63, 3.8) is 0 Å². The molecule has 1 amide bonds. The van der Waals surface area contributed by atoms with E-state index in [-0.39, 0.29) is 12.5 Å². The van der Waals surface area contributed by atoms with Crippen LogP contribution in [0, 0.1) is 0 Å². The maximum atomic E-state index is 11.0. The SMILES string of the molecule is CNC(=O)CNc1ccc2ccccc2n1. The maximum absolute atomic E-state index is 11.0. The van der Waals surface area contributed by atoms with E-state index in [2.05, 4.69) is 15.6 Å². The molecule has 0 spiro atoms. The van der Waals surface area contributed by atoms with Crippen LogP contribution in [-0.4, -0.2) is 24.5 Å². The van der Waals surface area contributed by atoms with Crippen LogP contribution >= 0.6 is 0 Å². The Bertz CT molecular complexity index is 510. The van der Waals surface area contributed by atoms with E-state index < -0.39 is 0 Å². The highest BCUT2D eigenvalue weighted by molar-refractivity contribution is 5.82. The topological polar surface area (TPSA) is 54.0 Å². The van der Waals surface area contributed by atoms with E-state index in [0.29, 0.717) is 5.82 Å². The summed E-state index contributed by atoms with van der Waals surface area (Å²) in [5, 5.41) is 6.60. The van der Waals surface area contributed by atoms with Crippen LogP contribution in [0.15, 0.2) is 36.4 Å². The Labute approximate surface area is 93.7 Å². The van der Waals surface area contributed by atoms with Gasteiger partial charge in [-0.05, 0) is 18.2 Å². The Balaban J connectivity index is 2.16. The number of amides is 1. The molecular formula is C12H13N3O. The van der Waals surface area contributed by atoms with Crippen LogP contribution in [0.3, 0.4) is 0 Å². The number of fused-ring (bicyclic) bond motifs is 1. The van der Waals surface area contributed by atoms with Crippen molar-refractivity contribution in [1.82, 2.24) is 10.3 Å². The molecule has 2 rings (SSSR count). The minimum Gasteiger partial charge on any atom is -0.361 e. The molecule has 2 aromatic rings. The molecule has 0 radical (unpaired) electrons. The van der Waals surface area contributed by atoms with Crippen molar-refractivity contribution in [3.8, 4) is 0 Å². The lowest BCUT2D eigenvalue weighted by atomic mass is 10.2. The Kier molecular flexibility index (Phi) is 3.00. The third-order valence-electron chi connectivity index (χ3n) is 2.31. The fraction of sp³-hybridized carbons (Fsp3) is 0.167. The highest BCUT2D eigenvalue weighted by atomic mass is 16.1. The van der Waals surface area contributed by atoms with Gasteiger partial charge in [-0.1, -0.05) is 18.2 Å². The molecule has 0 aliphatic carbocycles. The summed E-state index contributed by atoms with van der Waals surface area (Å²) in [5.41, 5.74) is 0.921. The molecular weight excluding hydrogens is 202 g/mol. The van der Waals surface area contributed by atoms with E-state index in [4.69, 9.17) is 0 Å². The number of hydrogen-bond donors (Lipinski definition) is 2. The Morgan fingerprint density at radius 2 is 2.06 bits per heavy atom. The van der Waals surface area contributed by atoms with Crippen molar-refractivity contribution in [1.29, 1.82) is 0 Å². The Morgan fingerprint density at radius 1 is 1.25 bits per heavy atom. The summed E-state index contributed by atoms with van der Waals surface area (Å²) in [6.45, 7) is 0.238. The van der Waals surface area contributed by atoms with E-state index in [1.807, 2.05) is 36.4 Å². The number of para-hydroxylation sites is 1. The van der Waals surface area contributed by atoms with Gasteiger partial charge in [0.2, 0.25) is 5.91 Å². The van der Waals surface area contributed by atoms with Crippen molar-refractivity contribution in [2.45, 2.75) is 0 Å². The second-order valence-electron chi connectivity index (χ2n) is 3.42. The number of aromatic nitrogens is 1. The second-order valence-corrected chi connectivity index (χ2v) is 3.42. The van der Waals surface area contributed by atoms with Gasteiger partial charge in [-0.25, -0.2) is 4.98 Å². The molecule has 2 N–H and O–H groups in total. The minimum absolute atomic E-state index is 0.0602. The average molecular weight is 215 g/mol. The predicted molar refractivity (Wildman–Crippen MR) is 64.3 cm³/mol. The monoisotopic (exact) mass is 215 g/mol. The summed E-state index contributed by atoms with van der Waals surface area (Å²) in [6, 6.07) is 11.7. The number of anilines is 1. The van der Waals surface area contributed by atoms with Gasteiger partial charge in [0.15, 0.2) is 0 Å². The summed E-state index contributed by atoms with van der Waals surface area (Å²) < 4.78 is 0. The highest BCUT2D eigenvalue weighted by Crippen LogP contribution is 2.13. The molecule has 4 heteroatoms. The number of benzene rings is 1. The third kappa shape index (κ3) is 2.28. The molecule has 0 aliphatic rings. The number of carbonyl (C=O) groups excluding carboxylic acids is 1. The molecule has 1 heterocycles. The number of likely N-dealkylation sites (N-methyl/N-ethyl adjacent to an activating group) is 1. The van der Waals surface area contributed by atoms with Gasteiger partial charge in [-0.3, -0.25) is 4.79 Å². The van der Waals surface area contributed by atoms with Crippen molar-refractivity contribution < 1.29 is 4.79 Å². The standard InChI is InChI=1S/C12H13N3O/c1-13-12(16)8-14-11-7-6-9-4-2-3-5-10(9)15-11/h2-7H,8H2,1H3,(H,13,16)(H,14,15). The van der Waals surface area contributed by atoms with E-state index in [1.54, 1.807) is 7.05 Å². The first-order valence-electron chi connectivity index (χ1n) is 5.10. The van der Waals surface area contributed by atoms with E-state index in [0.717, 1.165) is 10.9 Å². The van der Waals surface area contributed by atoms with Crippen LogP contribution in [0.2, 0.25) is 0 Å². The molecule has 0 aliphatic heterocycles. The fourth-order valence-electron chi connectivity index (χ4n) is 1.42. The number of nitrogens with zero attached hydrogens (tertiary/aromatic N) is 1. The summed E-state index contributed by atoms with van der Waals surface area (Å²) in [6.07, 6.45) is 0. The quantitative estimate of drug-likeness (QED) is 0.813. The normalized spacial score (nSPS) is 10.1. The Morgan fingerprint density at radius 3 is 2.88 bits per heavy atom. The lowest BCUT2D eigenvalue weighted by Crippen LogP contribution is -2.26. The molecule has 16 heavy (non-hydrogen) atoms. The third-order valence-corrected chi connectivity index (χ3v) is 2.31. The molecule has 1 aromatic heterocycles. The van der Waals surface area contributed by atoms with Crippen molar-refractivity contribution >= 4 is 22.6 Å². The maximum Gasteiger partial charge on any atom is 0.239 e. The summed E-state index contributed by atoms with van der Waals surface area (Å²) in [7, 11) is 1.61. The number of pyridine rings is 1. The zero-order valence-electron chi connectivity index (χ0n) is 9.03. The smallest absolute Gasteiger partial charge is 0.239 e. The number of hydrogen-bond acceptors (Lipinski definition) is 3. The Hall–Kier alpha value is -2.10. The van der Waals surface area contributed by atoms with Crippen LogP contribution in [0.1, 0.15) is 0 Å². The van der Waals surface area contributed by atoms with Gasteiger partial charge in [-0.2, -0.15) is 0 Å². The summed E-state index contributed by atoms with van der Waals surface area (Å²) >= 11 is 0. The number of carbonyl (C=O) groups is 1. The molecule has 0 atom stereocenters. The molecule has 0 bridgehead atoms. The lowest BCUT2D eigenvalue weighted by Gasteiger charge is -2.05. The van der Waals surface area contributed by atoms with Gasteiger partial charge in [0.25, 0.3) is 0 Å². The van der Waals surface area contributed by atoms with Crippen LogP contribution in [-0.2, 0) is 4.79 Å². The first kappa shape index (κ1) is 10.4. The van der Waals surface area contributed by atoms with Crippen LogP contribution in [0.5, 0.6) is 0 Å². The van der Waals surface area contributed by atoms with Gasteiger partial charge in [-0.15, -0.1) is 0 Å². The van der Waals surface area contributed by atoms with E-state index in [1.165, 1.54) is 0 Å². The zero-order chi connectivity index (χ0) is 11.4. The highest BCUT2D eigenvalue weighted by Gasteiger charge is 1.99. The predicted octanol–water partition coefficient (Wildman–Crippen LogP) is 1.39. The number of rotatable bonds is 3. The van der Waals surface area contributed by atoms with Crippen molar-refractivity contribution in [2.75, 3.05) is 18.9 Å². The van der Waals surface area contributed by atoms with Crippen molar-refractivity contribution in [3.05, 3.63) is 36.4 Å². The lowest BCUT2D eigenvalue weighted by molar-refractivity contribution is -0.118. The van der Waals surface area contributed by atoms with E-state index in [9.17, 15) is 4.79 Å². The summed E-state index contributed by atoms with van der Waals surface area (Å²) in [5.74, 6) is 0.650. The van der Waals surface area contributed by atoms with Gasteiger partial charge in [0, 0.05) is 12.4 Å². The van der Waals surface area contributed by atoms with Gasteiger partial charge in [0.1, 0.15) is 5.82 Å². The zero-order valence-corrected chi connectivity index (χ0v) is 9.03. The molecule has 0 saturated heterocycles. The molecule has 4 nitrogen and oxygen atoms in total. The second kappa shape index (κ2) is 4.61. The van der Waals surface area contributed by atoms with Crippen LogP contribution in [0.4, 0.5) is 5.82 Å². The number of nitrogens with one attached hydrogen (secondary N) is 2. The fourth-order valence-corrected chi connectivity index (χ4v) is 1.42. The largest absolute Gasteiger partial charge is 0.361 e. The first-order chi connectivity index (χ1) is 7.79. The van der Waals surface area contributed by atoms with Crippen LogP contribution in [0.25, 0.3) is 10.9 Å². The molecule has 0 unspecified atom stereocenters.